The molecule has 0 bridgehead atoms. The Labute approximate surface area is 220 Å². The Kier molecular flexibility index (Phi) is 7.22. The molecule has 0 radical (unpaired) electrons. The van der Waals surface area contributed by atoms with Gasteiger partial charge in [0, 0.05) is 12.0 Å². The fourth-order valence-corrected chi connectivity index (χ4v) is 5.07. The van der Waals surface area contributed by atoms with Crippen LogP contribution in [0.25, 0.3) is 11.1 Å². The molecule has 0 saturated carbocycles. The third kappa shape index (κ3) is 4.89. The van der Waals surface area contributed by atoms with Crippen LogP contribution in [0.2, 0.25) is 0 Å². The molecule has 0 saturated heterocycles. The minimum Gasteiger partial charge on any atom is -0.449 e. The van der Waals surface area contributed by atoms with Gasteiger partial charge in [0.05, 0.1) is 17.5 Å². The van der Waals surface area contributed by atoms with Gasteiger partial charge >= 0.3 is 12.1 Å². The summed E-state index contributed by atoms with van der Waals surface area (Å²) < 4.78 is 5.62. The molecule has 8 heteroatoms. The van der Waals surface area contributed by atoms with Gasteiger partial charge in [0.15, 0.2) is 0 Å². The van der Waals surface area contributed by atoms with E-state index < -0.39 is 29.9 Å². The van der Waals surface area contributed by atoms with Crippen LogP contribution in [0.4, 0.5) is 4.79 Å². The summed E-state index contributed by atoms with van der Waals surface area (Å²) in [5, 5.41) is 3.25. The van der Waals surface area contributed by atoms with Crippen LogP contribution < -0.4 is 5.32 Å². The maximum absolute atomic E-state index is 12.8. The number of nitrogens with one attached hydrogen (secondary N) is 1. The lowest BCUT2D eigenvalue weighted by atomic mass is 9.98. The van der Waals surface area contributed by atoms with Crippen LogP contribution in [0.1, 0.15) is 70.4 Å². The molecule has 1 aliphatic carbocycles. The zero-order valence-electron chi connectivity index (χ0n) is 21.0. The Morgan fingerprint density at radius 3 is 1.92 bits per heavy atom. The van der Waals surface area contributed by atoms with Gasteiger partial charge in [-0.3, -0.25) is 9.59 Å². The maximum Gasteiger partial charge on any atom is 0.407 e. The van der Waals surface area contributed by atoms with Crippen molar-refractivity contribution in [1.82, 2.24) is 10.4 Å². The smallest absolute Gasteiger partial charge is 0.407 e. The Morgan fingerprint density at radius 2 is 1.37 bits per heavy atom. The molecule has 2 aliphatic rings. The van der Waals surface area contributed by atoms with Crippen molar-refractivity contribution >= 4 is 23.9 Å². The molecule has 0 spiro atoms. The van der Waals surface area contributed by atoms with E-state index in [0.29, 0.717) is 11.5 Å². The maximum atomic E-state index is 12.8. The van der Waals surface area contributed by atoms with Gasteiger partial charge < -0.3 is 14.9 Å². The number of unbranched alkanes of at least 4 members (excludes halogenated alkanes) is 1. The number of carbonyl (C=O) groups excluding carboxylic acids is 4. The van der Waals surface area contributed by atoms with E-state index in [-0.39, 0.29) is 30.1 Å². The quantitative estimate of drug-likeness (QED) is 0.394. The summed E-state index contributed by atoms with van der Waals surface area (Å²) in [7, 11) is 0. The molecule has 0 unspecified atom stereocenters. The molecule has 0 aromatic heterocycles. The van der Waals surface area contributed by atoms with Crippen molar-refractivity contribution in [2.24, 2.45) is 0 Å². The second kappa shape index (κ2) is 10.9. The van der Waals surface area contributed by atoms with Crippen molar-refractivity contribution in [2.45, 2.75) is 44.6 Å². The first-order valence-corrected chi connectivity index (χ1v) is 12.8. The molecule has 194 valence electrons. The first-order valence-electron chi connectivity index (χ1n) is 12.8. The lowest BCUT2D eigenvalue weighted by molar-refractivity contribution is -0.169. The molecule has 1 aliphatic heterocycles. The molecule has 3 amide bonds. The average Bonchev–Trinajstić information content (AvgIpc) is 3.38. The number of nitrogens with zero attached hydrogens (tertiary/aromatic N) is 1. The minimum atomic E-state index is -0.792. The largest absolute Gasteiger partial charge is 0.449 e. The Bertz CT molecular complexity index is 1320. The van der Waals surface area contributed by atoms with Crippen LogP contribution in [0, 0.1) is 0 Å². The van der Waals surface area contributed by atoms with E-state index in [2.05, 4.69) is 17.4 Å². The highest BCUT2D eigenvalue weighted by molar-refractivity contribution is 6.20. The van der Waals surface area contributed by atoms with Gasteiger partial charge in [0.2, 0.25) is 0 Å². The number of hydrogen-bond acceptors (Lipinski definition) is 6. The first kappa shape index (κ1) is 25.2. The van der Waals surface area contributed by atoms with Gasteiger partial charge in [-0.1, -0.05) is 85.5 Å². The van der Waals surface area contributed by atoms with Gasteiger partial charge in [-0.15, -0.1) is 0 Å². The molecule has 1 heterocycles. The van der Waals surface area contributed by atoms with Crippen molar-refractivity contribution in [3.8, 4) is 11.1 Å². The predicted molar refractivity (Wildman–Crippen MR) is 139 cm³/mol. The van der Waals surface area contributed by atoms with Gasteiger partial charge in [-0.05, 0) is 40.8 Å². The number of imide groups is 1. The van der Waals surface area contributed by atoms with Crippen molar-refractivity contribution in [3.63, 3.8) is 0 Å². The summed E-state index contributed by atoms with van der Waals surface area (Å²) in [6, 6.07) is 21.8. The number of ether oxygens (including phenoxy) is 1. The molecule has 8 nitrogen and oxygen atoms in total. The summed E-state index contributed by atoms with van der Waals surface area (Å²) in [6.07, 6.45) is 1.28. The summed E-state index contributed by atoms with van der Waals surface area (Å²) in [6.45, 7) is 2.15. The number of hydrogen-bond donors (Lipinski definition) is 1. The Balaban J connectivity index is 1.20. The highest BCUT2D eigenvalue weighted by atomic mass is 16.7. The molecular formula is C30H28N2O6. The average molecular weight is 513 g/mol. The SMILES string of the molecule is CCCC[C@@H](CC(=O)ON1C(=O)c2ccccc2C1=O)NC(=O)OCC1c2ccccc2-c2ccccc21. The summed E-state index contributed by atoms with van der Waals surface area (Å²) in [5.41, 5.74) is 4.85. The molecule has 0 fully saturated rings. The van der Waals surface area contributed by atoms with Crippen molar-refractivity contribution < 1.29 is 28.8 Å². The summed E-state index contributed by atoms with van der Waals surface area (Å²) in [5.74, 6) is -2.25. The topological polar surface area (TPSA) is 102 Å². The van der Waals surface area contributed by atoms with Crippen LogP contribution in [0.5, 0.6) is 0 Å². The second-order valence-corrected chi connectivity index (χ2v) is 9.43. The molecule has 5 rings (SSSR count). The lowest BCUT2D eigenvalue weighted by Gasteiger charge is -2.20. The summed E-state index contributed by atoms with van der Waals surface area (Å²) >= 11 is 0. The van der Waals surface area contributed by atoms with E-state index in [9.17, 15) is 19.2 Å². The summed E-state index contributed by atoms with van der Waals surface area (Å²) in [4.78, 5) is 55.6. The number of fused-ring (bicyclic) bond motifs is 4. The third-order valence-electron chi connectivity index (χ3n) is 6.93. The number of alkyl carbamates (subject to hydrolysis) is 1. The predicted octanol–water partition coefficient (Wildman–Crippen LogP) is 5.23. The number of hydroxylamine groups is 2. The number of carbonyl (C=O) groups is 4. The van der Waals surface area contributed by atoms with Crippen LogP contribution in [-0.4, -0.2) is 41.6 Å². The van der Waals surface area contributed by atoms with Crippen molar-refractivity contribution in [1.29, 1.82) is 0 Å². The molecule has 38 heavy (non-hydrogen) atoms. The van der Waals surface area contributed by atoms with Crippen LogP contribution in [0.15, 0.2) is 72.8 Å². The van der Waals surface area contributed by atoms with Gasteiger partial charge in [-0.2, -0.15) is 0 Å². The number of amides is 3. The van der Waals surface area contributed by atoms with Gasteiger partial charge in [0.1, 0.15) is 6.61 Å². The Hall–Kier alpha value is -4.46. The molecule has 3 aromatic rings. The molecular weight excluding hydrogens is 484 g/mol. The lowest BCUT2D eigenvalue weighted by Crippen LogP contribution is -2.40. The van der Waals surface area contributed by atoms with Crippen molar-refractivity contribution in [2.75, 3.05) is 6.61 Å². The standard InChI is InChI=1S/C30H28N2O6/c1-2-3-10-19(17-27(33)38-32-28(34)24-15-8-9-16-25(24)29(32)35)31-30(36)37-18-26-22-13-6-4-11-20(22)21-12-5-7-14-23(21)26/h4-9,11-16,19,26H,2-3,10,17-18H2,1H3,(H,31,36)/t19-/m0/s1. The zero-order chi connectivity index (χ0) is 26.6. The fourth-order valence-electron chi connectivity index (χ4n) is 5.07. The highest BCUT2D eigenvalue weighted by Gasteiger charge is 2.39. The third-order valence-corrected chi connectivity index (χ3v) is 6.93. The van der Waals surface area contributed by atoms with Crippen LogP contribution in [0.3, 0.4) is 0 Å². The van der Waals surface area contributed by atoms with Crippen LogP contribution in [-0.2, 0) is 14.4 Å². The number of benzene rings is 3. The molecule has 3 aromatic carbocycles. The van der Waals surface area contributed by atoms with Gasteiger partial charge in [-0.25, -0.2) is 9.59 Å². The zero-order valence-corrected chi connectivity index (χ0v) is 21.0. The minimum absolute atomic E-state index is 0.0824. The monoisotopic (exact) mass is 512 g/mol. The fraction of sp³-hybridized carbons (Fsp3) is 0.267. The highest BCUT2D eigenvalue weighted by Crippen LogP contribution is 2.44. The van der Waals surface area contributed by atoms with E-state index in [1.165, 1.54) is 12.1 Å². The number of rotatable bonds is 9. The molecule has 1 atom stereocenters. The second-order valence-electron chi connectivity index (χ2n) is 9.43. The van der Waals surface area contributed by atoms with E-state index in [4.69, 9.17) is 9.57 Å². The first-order chi connectivity index (χ1) is 18.5. The molecule has 1 N–H and O–H groups in total. The van der Waals surface area contributed by atoms with Crippen LogP contribution >= 0.6 is 0 Å². The van der Waals surface area contributed by atoms with Gasteiger partial charge in [0.25, 0.3) is 11.8 Å². The van der Waals surface area contributed by atoms with Crippen molar-refractivity contribution in [3.05, 3.63) is 95.1 Å². The normalized spacial score (nSPS) is 14.5. The van der Waals surface area contributed by atoms with E-state index in [1.807, 2.05) is 43.3 Å². The van der Waals surface area contributed by atoms with E-state index in [1.54, 1.807) is 12.1 Å². The Morgan fingerprint density at radius 1 is 0.842 bits per heavy atom. The van der Waals surface area contributed by atoms with E-state index >= 15 is 0 Å². The van der Waals surface area contributed by atoms with E-state index in [0.717, 1.165) is 35.1 Å².